The van der Waals surface area contributed by atoms with Crippen molar-refractivity contribution in [3.8, 4) is 0 Å². The Bertz CT molecular complexity index is 1370. The number of fused-ring (bicyclic) bond motifs is 5. The van der Waals surface area contributed by atoms with Crippen molar-refractivity contribution in [1.82, 2.24) is 14.0 Å². The molecule has 3 aromatic carbocycles. The predicted octanol–water partition coefficient (Wildman–Crippen LogP) is 3.39. The van der Waals surface area contributed by atoms with Gasteiger partial charge in [0.05, 0.1) is 23.1 Å². The van der Waals surface area contributed by atoms with E-state index in [1.807, 2.05) is 72.8 Å². The zero-order chi connectivity index (χ0) is 19.1. The molecule has 138 valence electrons. The lowest BCUT2D eigenvalue weighted by Gasteiger charge is -2.12. The van der Waals surface area contributed by atoms with E-state index in [1.54, 1.807) is 8.97 Å². The number of nitrogens with zero attached hydrogens (tertiary/aromatic N) is 3. The second-order valence-electron chi connectivity index (χ2n) is 6.94. The van der Waals surface area contributed by atoms with Gasteiger partial charge in [-0.05, 0) is 41.8 Å². The maximum Gasteiger partial charge on any atom is 0.335 e. The van der Waals surface area contributed by atoms with Crippen LogP contribution in [0.4, 0.5) is 0 Å². The van der Waals surface area contributed by atoms with E-state index >= 15 is 0 Å². The van der Waals surface area contributed by atoms with Crippen molar-refractivity contribution in [3.63, 3.8) is 0 Å². The largest absolute Gasteiger partial charge is 0.396 e. The fourth-order valence-corrected chi connectivity index (χ4v) is 3.83. The van der Waals surface area contributed by atoms with Crippen LogP contribution in [0.15, 0.2) is 77.6 Å². The number of aromatic nitrogens is 3. The zero-order valence-corrected chi connectivity index (χ0v) is 15.2. The van der Waals surface area contributed by atoms with Gasteiger partial charge in [0.1, 0.15) is 0 Å². The Labute approximate surface area is 161 Å². The van der Waals surface area contributed by atoms with Gasteiger partial charge in [-0.1, -0.05) is 48.5 Å². The fraction of sp³-hybridized carbons (Fsp3) is 0.130. The normalized spacial score (nSPS) is 11.6. The lowest BCUT2D eigenvalue weighted by molar-refractivity contribution is 0.299. The first-order chi connectivity index (χ1) is 13.8. The third kappa shape index (κ3) is 2.60. The van der Waals surface area contributed by atoms with E-state index in [2.05, 4.69) is 0 Å². The summed E-state index contributed by atoms with van der Waals surface area (Å²) >= 11 is 0. The van der Waals surface area contributed by atoms with Crippen molar-refractivity contribution < 1.29 is 5.11 Å². The highest BCUT2D eigenvalue weighted by Crippen LogP contribution is 2.23. The van der Waals surface area contributed by atoms with Crippen molar-refractivity contribution in [2.45, 2.75) is 13.0 Å². The molecule has 0 saturated heterocycles. The average Bonchev–Trinajstić information content (AvgIpc) is 3.11. The molecule has 1 N–H and O–H groups in total. The van der Waals surface area contributed by atoms with E-state index in [9.17, 15) is 9.90 Å². The maximum absolute atomic E-state index is 13.5. The Morgan fingerprint density at radius 1 is 0.857 bits per heavy atom. The van der Waals surface area contributed by atoms with Crippen molar-refractivity contribution in [3.05, 3.63) is 94.4 Å². The molecule has 5 rings (SSSR count). The molecule has 0 atom stereocenters. The van der Waals surface area contributed by atoms with E-state index in [0.717, 1.165) is 33.1 Å². The minimum absolute atomic E-state index is 0.0890. The highest BCUT2D eigenvalue weighted by Gasteiger charge is 2.15. The van der Waals surface area contributed by atoms with Crippen molar-refractivity contribution >= 4 is 27.6 Å². The van der Waals surface area contributed by atoms with E-state index in [-0.39, 0.29) is 12.3 Å². The molecule has 5 heteroatoms. The van der Waals surface area contributed by atoms with Crippen LogP contribution in [0.5, 0.6) is 0 Å². The molecule has 0 aliphatic rings. The number of benzene rings is 3. The van der Waals surface area contributed by atoms with Crippen LogP contribution in [0.3, 0.4) is 0 Å². The molecule has 2 aromatic heterocycles. The van der Waals surface area contributed by atoms with E-state index < -0.39 is 0 Å². The Morgan fingerprint density at radius 2 is 1.64 bits per heavy atom. The molecule has 0 saturated carbocycles. The summed E-state index contributed by atoms with van der Waals surface area (Å²) in [6.07, 6.45) is 0.572. The Morgan fingerprint density at radius 3 is 2.46 bits per heavy atom. The molecule has 0 spiro atoms. The van der Waals surface area contributed by atoms with Crippen LogP contribution < -0.4 is 5.69 Å². The topological polar surface area (TPSA) is 59.5 Å². The van der Waals surface area contributed by atoms with E-state index in [4.69, 9.17) is 4.98 Å². The molecule has 5 nitrogen and oxygen atoms in total. The molecule has 0 unspecified atom stereocenters. The fourth-order valence-electron chi connectivity index (χ4n) is 3.83. The number of aliphatic hydroxyl groups excluding tert-OH is 1. The van der Waals surface area contributed by atoms with Gasteiger partial charge in [-0.15, -0.1) is 0 Å². The number of hydrogen-bond donors (Lipinski definition) is 1. The molecule has 5 aromatic rings. The highest BCUT2D eigenvalue weighted by atomic mass is 16.3. The first-order valence-corrected chi connectivity index (χ1v) is 9.34. The van der Waals surface area contributed by atoms with E-state index in [0.29, 0.717) is 18.6 Å². The zero-order valence-electron chi connectivity index (χ0n) is 15.2. The molecule has 0 fully saturated rings. The van der Waals surface area contributed by atoms with Gasteiger partial charge in [-0.25, -0.2) is 14.2 Å². The van der Waals surface area contributed by atoms with Crippen LogP contribution >= 0.6 is 0 Å². The second-order valence-corrected chi connectivity index (χ2v) is 6.94. The van der Waals surface area contributed by atoms with Crippen LogP contribution in [0.1, 0.15) is 11.1 Å². The highest BCUT2D eigenvalue weighted by molar-refractivity contribution is 5.96. The van der Waals surface area contributed by atoms with Gasteiger partial charge in [-0.3, -0.25) is 4.57 Å². The van der Waals surface area contributed by atoms with Gasteiger partial charge >= 0.3 is 5.69 Å². The summed E-state index contributed by atoms with van der Waals surface area (Å²) in [5.41, 5.74) is 5.07. The summed E-state index contributed by atoms with van der Waals surface area (Å²) in [6.45, 7) is 0.587. The van der Waals surface area contributed by atoms with Crippen LogP contribution in [-0.4, -0.2) is 25.7 Å². The second kappa shape index (κ2) is 6.62. The lowest BCUT2D eigenvalue weighted by atomic mass is 10.1. The molecule has 0 radical (unpaired) electrons. The average molecular weight is 369 g/mol. The predicted molar refractivity (Wildman–Crippen MR) is 111 cm³/mol. The monoisotopic (exact) mass is 369 g/mol. The Hall–Kier alpha value is -3.44. The smallest absolute Gasteiger partial charge is 0.335 e. The minimum atomic E-state index is -0.102. The van der Waals surface area contributed by atoms with Gasteiger partial charge in [0.2, 0.25) is 0 Å². The Kier molecular flexibility index (Phi) is 3.95. The van der Waals surface area contributed by atoms with Crippen LogP contribution in [0.25, 0.3) is 27.6 Å². The minimum Gasteiger partial charge on any atom is -0.396 e. The SMILES string of the molecule is O=c1n(Cc2ccccc2)c2ccccc2c2nc3cc(CCO)ccc3n12. The lowest BCUT2D eigenvalue weighted by Crippen LogP contribution is -2.27. The maximum atomic E-state index is 13.5. The standard InChI is InChI=1S/C23H19N3O2/c27-13-12-16-10-11-21-19(14-16)24-22-18-8-4-5-9-20(18)25(23(28)26(21)22)15-17-6-2-1-3-7-17/h1-11,14,27H,12-13,15H2. The number of aliphatic hydroxyl groups is 1. The first-order valence-electron chi connectivity index (χ1n) is 9.34. The van der Waals surface area contributed by atoms with Crippen molar-refractivity contribution in [1.29, 1.82) is 0 Å². The van der Waals surface area contributed by atoms with Crippen LogP contribution in [0.2, 0.25) is 0 Å². The summed E-state index contributed by atoms with van der Waals surface area (Å²) in [4.78, 5) is 18.2. The van der Waals surface area contributed by atoms with Crippen molar-refractivity contribution in [2.75, 3.05) is 6.61 Å². The third-order valence-corrected chi connectivity index (χ3v) is 5.16. The molecular weight excluding hydrogens is 350 g/mol. The molecule has 2 heterocycles. The van der Waals surface area contributed by atoms with Gasteiger partial charge in [0.15, 0.2) is 5.65 Å². The summed E-state index contributed by atoms with van der Waals surface area (Å²) in [5, 5.41) is 10.2. The molecule has 0 bridgehead atoms. The summed E-state index contributed by atoms with van der Waals surface area (Å²) in [7, 11) is 0. The van der Waals surface area contributed by atoms with Gasteiger partial charge in [0.25, 0.3) is 0 Å². The third-order valence-electron chi connectivity index (χ3n) is 5.16. The van der Waals surface area contributed by atoms with Crippen LogP contribution in [-0.2, 0) is 13.0 Å². The van der Waals surface area contributed by atoms with Gasteiger partial charge < -0.3 is 5.11 Å². The quantitative estimate of drug-likeness (QED) is 0.528. The summed E-state index contributed by atoms with van der Waals surface area (Å²) in [6, 6.07) is 23.7. The summed E-state index contributed by atoms with van der Waals surface area (Å²) < 4.78 is 3.50. The first kappa shape index (κ1) is 16.7. The Balaban J connectivity index is 1.85. The van der Waals surface area contributed by atoms with Gasteiger partial charge in [0, 0.05) is 12.0 Å². The number of hydrogen-bond acceptors (Lipinski definition) is 3. The summed E-state index contributed by atoms with van der Waals surface area (Å²) in [5.74, 6) is 0. The molecular formula is C23H19N3O2. The molecule has 0 aliphatic heterocycles. The van der Waals surface area contributed by atoms with Crippen molar-refractivity contribution in [2.24, 2.45) is 0 Å². The number of rotatable bonds is 4. The molecule has 28 heavy (non-hydrogen) atoms. The van der Waals surface area contributed by atoms with E-state index in [1.165, 1.54) is 0 Å². The molecule has 0 aliphatic carbocycles. The van der Waals surface area contributed by atoms with Crippen LogP contribution in [0, 0.1) is 0 Å². The number of para-hydroxylation sites is 1. The molecule has 0 amide bonds. The number of imidazole rings is 1. The van der Waals surface area contributed by atoms with Gasteiger partial charge in [-0.2, -0.15) is 0 Å².